The monoisotopic (exact) mass is 360 g/mol. The Morgan fingerprint density at radius 2 is 2.04 bits per heavy atom. The second kappa shape index (κ2) is 9.87. The third-order valence-corrected chi connectivity index (χ3v) is 3.75. The number of ether oxygens (including phenoxy) is 2. The van der Waals surface area contributed by atoms with E-state index in [2.05, 4.69) is 24.1 Å². The van der Waals surface area contributed by atoms with Gasteiger partial charge in [0.25, 0.3) is 0 Å². The van der Waals surface area contributed by atoms with E-state index in [9.17, 15) is 9.18 Å². The number of nitrogens with zero attached hydrogens (tertiary/aromatic N) is 1. The van der Waals surface area contributed by atoms with Gasteiger partial charge in [0.05, 0.1) is 0 Å². The highest BCUT2D eigenvalue weighted by Crippen LogP contribution is 2.23. The Labute approximate surface area is 153 Å². The molecule has 0 saturated heterocycles. The first kappa shape index (κ1) is 19.8. The molecule has 2 aromatic rings. The minimum absolute atomic E-state index is 0.200. The summed E-state index contributed by atoms with van der Waals surface area (Å²) >= 11 is 0. The van der Waals surface area contributed by atoms with Crippen LogP contribution in [0.2, 0.25) is 0 Å². The highest BCUT2D eigenvalue weighted by Gasteiger charge is 2.14. The van der Waals surface area contributed by atoms with Gasteiger partial charge in [-0.05, 0) is 37.5 Å². The number of amides is 1. The van der Waals surface area contributed by atoms with Crippen molar-refractivity contribution in [1.82, 2.24) is 10.3 Å². The van der Waals surface area contributed by atoms with Crippen molar-refractivity contribution in [2.75, 3.05) is 6.61 Å². The zero-order valence-electron chi connectivity index (χ0n) is 15.4. The summed E-state index contributed by atoms with van der Waals surface area (Å²) < 4.78 is 24.5. The predicted octanol–water partition coefficient (Wildman–Crippen LogP) is 4.08. The van der Waals surface area contributed by atoms with Gasteiger partial charge in [-0.3, -0.25) is 4.79 Å². The smallest absolute Gasteiger partial charge is 0.249 e. The molecular weight excluding hydrogens is 335 g/mol. The quantitative estimate of drug-likeness (QED) is 0.732. The Bertz CT molecular complexity index is 722. The molecule has 1 atom stereocenters. The number of pyridine rings is 1. The first-order chi connectivity index (χ1) is 12.5. The zero-order chi connectivity index (χ0) is 18.9. The summed E-state index contributed by atoms with van der Waals surface area (Å²) in [6, 6.07) is 9.37. The first-order valence-corrected chi connectivity index (χ1v) is 8.72. The standard InChI is InChI=1S/C20H25FN2O3/c1-14(2)9-11-25-15(3)19(24)23-13-16-6-5-10-22-20(16)26-18-8-4-7-17(21)12-18/h4-8,10,12,14-15H,9,11,13H2,1-3H3,(H,23,24). The fourth-order valence-electron chi connectivity index (χ4n) is 2.17. The molecule has 6 heteroatoms. The molecular formula is C20H25FN2O3. The molecule has 0 aliphatic heterocycles. The fraction of sp³-hybridized carbons (Fsp3) is 0.400. The number of nitrogens with one attached hydrogen (secondary N) is 1. The minimum Gasteiger partial charge on any atom is -0.439 e. The van der Waals surface area contributed by atoms with Gasteiger partial charge < -0.3 is 14.8 Å². The van der Waals surface area contributed by atoms with E-state index in [4.69, 9.17) is 9.47 Å². The normalized spacial score (nSPS) is 12.0. The lowest BCUT2D eigenvalue weighted by Crippen LogP contribution is -2.34. The van der Waals surface area contributed by atoms with E-state index in [1.54, 1.807) is 37.4 Å². The van der Waals surface area contributed by atoms with E-state index in [-0.39, 0.29) is 18.3 Å². The van der Waals surface area contributed by atoms with E-state index >= 15 is 0 Å². The largest absolute Gasteiger partial charge is 0.439 e. The number of halogens is 1. The Balaban J connectivity index is 1.92. The number of carbonyl (C=O) groups is 1. The molecule has 0 aliphatic rings. The van der Waals surface area contributed by atoms with Crippen molar-refractivity contribution in [2.45, 2.75) is 39.8 Å². The number of hydrogen-bond acceptors (Lipinski definition) is 4. The number of rotatable bonds is 9. The average Bonchev–Trinajstić information content (AvgIpc) is 2.60. The molecule has 0 aliphatic carbocycles. The second-order valence-electron chi connectivity index (χ2n) is 6.44. The maximum Gasteiger partial charge on any atom is 0.249 e. The van der Waals surface area contributed by atoms with Crippen LogP contribution >= 0.6 is 0 Å². The molecule has 140 valence electrons. The number of benzene rings is 1. The summed E-state index contributed by atoms with van der Waals surface area (Å²) in [5.41, 5.74) is 0.694. The highest BCUT2D eigenvalue weighted by molar-refractivity contribution is 5.80. The van der Waals surface area contributed by atoms with Crippen LogP contribution in [-0.4, -0.2) is 23.6 Å². The molecule has 0 bridgehead atoms. The fourth-order valence-corrected chi connectivity index (χ4v) is 2.17. The molecule has 1 amide bonds. The number of carbonyl (C=O) groups excluding carboxylic acids is 1. The molecule has 1 heterocycles. The van der Waals surface area contributed by atoms with Crippen molar-refractivity contribution in [1.29, 1.82) is 0 Å². The molecule has 2 rings (SSSR count). The average molecular weight is 360 g/mol. The predicted molar refractivity (Wildman–Crippen MR) is 97.4 cm³/mol. The topological polar surface area (TPSA) is 60.5 Å². The van der Waals surface area contributed by atoms with Crippen LogP contribution in [0.15, 0.2) is 42.6 Å². The molecule has 0 fully saturated rings. The van der Waals surface area contributed by atoms with Gasteiger partial charge in [0, 0.05) is 31.0 Å². The second-order valence-corrected chi connectivity index (χ2v) is 6.44. The Hall–Kier alpha value is -2.47. The van der Waals surface area contributed by atoms with E-state index in [1.807, 2.05) is 0 Å². The maximum absolute atomic E-state index is 13.3. The Kier molecular flexibility index (Phi) is 7.53. The van der Waals surface area contributed by atoms with Gasteiger partial charge in [0.15, 0.2) is 0 Å². The first-order valence-electron chi connectivity index (χ1n) is 8.72. The van der Waals surface area contributed by atoms with Crippen LogP contribution < -0.4 is 10.1 Å². The van der Waals surface area contributed by atoms with Crippen LogP contribution in [0, 0.1) is 11.7 Å². The maximum atomic E-state index is 13.3. The summed E-state index contributed by atoms with van der Waals surface area (Å²) in [7, 11) is 0. The Morgan fingerprint density at radius 1 is 1.23 bits per heavy atom. The SMILES string of the molecule is CC(C)CCOC(C)C(=O)NCc1cccnc1Oc1cccc(F)c1. The van der Waals surface area contributed by atoms with E-state index in [0.29, 0.717) is 29.7 Å². The summed E-state index contributed by atoms with van der Waals surface area (Å²) in [6.45, 7) is 6.73. The number of aromatic nitrogens is 1. The van der Waals surface area contributed by atoms with E-state index < -0.39 is 6.10 Å². The van der Waals surface area contributed by atoms with Crippen molar-refractivity contribution >= 4 is 5.91 Å². The molecule has 1 N–H and O–H groups in total. The van der Waals surface area contributed by atoms with Crippen LogP contribution in [0.5, 0.6) is 11.6 Å². The summed E-state index contributed by atoms with van der Waals surface area (Å²) in [6.07, 6.45) is 1.96. The van der Waals surface area contributed by atoms with Gasteiger partial charge in [-0.2, -0.15) is 0 Å². The molecule has 0 radical (unpaired) electrons. The van der Waals surface area contributed by atoms with E-state index in [1.165, 1.54) is 12.1 Å². The third kappa shape index (κ3) is 6.44. The molecule has 1 unspecified atom stereocenters. The van der Waals surface area contributed by atoms with Crippen LogP contribution in [0.1, 0.15) is 32.8 Å². The molecule has 5 nitrogen and oxygen atoms in total. The van der Waals surface area contributed by atoms with Crippen LogP contribution in [0.3, 0.4) is 0 Å². The lowest BCUT2D eigenvalue weighted by molar-refractivity contribution is -0.132. The van der Waals surface area contributed by atoms with Crippen molar-refractivity contribution in [2.24, 2.45) is 5.92 Å². The lowest BCUT2D eigenvalue weighted by Gasteiger charge is -2.15. The lowest BCUT2D eigenvalue weighted by atomic mass is 10.1. The van der Waals surface area contributed by atoms with Gasteiger partial charge in [0.1, 0.15) is 17.7 Å². The van der Waals surface area contributed by atoms with Crippen LogP contribution in [0.4, 0.5) is 4.39 Å². The Morgan fingerprint density at radius 3 is 2.77 bits per heavy atom. The van der Waals surface area contributed by atoms with Crippen molar-refractivity contribution < 1.29 is 18.7 Å². The summed E-state index contributed by atoms with van der Waals surface area (Å²) in [4.78, 5) is 16.3. The molecule has 0 saturated carbocycles. The van der Waals surface area contributed by atoms with Gasteiger partial charge in [-0.25, -0.2) is 9.37 Å². The number of hydrogen-bond donors (Lipinski definition) is 1. The van der Waals surface area contributed by atoms with Crippen molar-refractivity contribution in [3.05, 3.63) is 54.0 Å². The van der Waals surface area contributed by atoms with Crippen LogP contribution in [0.25, 0.3) is 0 Å². The van der Waals surface area contributed by atoms with Gasteiger partial charge in [-0.1, -0.05) is 26.0 Å². The molecule has 0 spiro atoms. The molecule has 1 aromatic heterocycles. The van der Waals surface area contributed by atoms with Gasteiger partial charge >= 0.3 is 0 Å². The summed E-state index contributed by atoms with van der Waals surface area (Å²) in [5, 5.41) is 2.82. The molecule has 26 heavy (non-hydrogen) atoms. The van der Waals surface area contributed by atoms with Gasteiger partial charge in [-0.15, -0.1) is 0 Å². The zero-order valence-corrected chi connectivity index (χ0v) is 15.4. The van der Waals surface area contributed by atoms with Crippen LogP contribution in [-0.2, 0) is 16.1 Å². The molecule has 1 aromatic carbocycles. The van der Waals surface area contributed by atoms with Crippen molar-refractivity contribution in [3.63, 3.8) is 0 Å². The van der Waals surface area contributed by atoms with E-state index in [0.717, 1.165) is 6.42 Å². The van der Waals surface area contributed by atoms with Crippen molar-refractivity contribution in [3.8, 4) is 11.6 Å². The third-order valence-electron chi connectivity index (χ3n) is 3.75. The summed E-state index contributed by atoms with van der Waals surface area (Å²) in [5.74, 6) is 0.617. The minimum atomic E-state index is -0.530. The highest BCUT2D eigenvalue weighted by atomic mass is 19.1. The van der Waals surface area contributed by atoms with Gasteiger partial charge in [0.2, 0.25) is 11.8 Å².